The fraction of sp³-hybridized carbons (Fsp3) is 1.00. The normalized spacial score (nSPS) is 49.2. The summed E-state index contributed by atoms with van der Waals surface area (Å²) in [6, 6.07) is 0. The summed E-state index contributed by atoms with van der Waals surface area (Å²) in [4.78, 5) is 0. The van der Waals surface area contributed by atoms with Crippen LogP contribution in [-0.4, -0.2) is 103 Å². The van der Waals surface area contributed by atoms with Crippen molar-refractivity contribution in [2.45, 2.75) is 49.2 Å². The Hall–Kier alpha value is -0.400. The molecule has 20 heavy (non-hydrogen) atoms. The zero-order valence-electron chi connectivity index (χ0n) is 10.4. The molecule has 2 saturated heterocycles. The molecule has 0 bridgehead atoms. The van der Waals surface area contributed by atoms with Crippen molar-refractivity contribution in [3.05, 3.63) is 0 Å². The average molecular weight is 300 g/mol. The van der Waals surface area contributed by atoms with Gasteiger partial charge in [0.05, 0.1) is 13.2 Å². The third kappa shape index (κ3) is 4.30. The molecule has 2 aliphatic heterocycles. The minimum Gasteiger partial charge on any atom is -0.388 e. The highest BCUT2D eigenvalue weighted by molar-refractivity contribution is 4.81. The summed E-state index contributed by atoms with van der Waals surface area (Å²) in [5.74, 6) is 0. The van der Waals surface area contributed by atoms with E-state index in [0.29, 0.717) is 0 Å². The Kier molecular flexibility index (Phi) is 6.68. The third-order valence-corrected chi connectivity index (χ3v) is 2.95. The van der Waals surface area contributed by atoms with Crippen LogP contribution in [0.1, 0.15) is 0 Å². The number of rotatable bonds is 0. The number of aliphatic hydroxyl groups excluding tert-OH is 8. The van der Waals surface area contributed by atoms with E-state index in [1.165, 1.54) is 0 Å². The molecule has 120 valence electrons. The van der Waals surface area contributed by atoms with Gasteiger partial charge in [-0.3, -0.25) is 0 Å². The molecule has 8 N–H and O–H groups in total. The van der Waals surface area contributed by atoms with E-state index >= 15 is 0 Å². The maximum Gasteiger partial charge on any atom is 0.183 e. The van der Waals surface area contributed by atoms with Crippen LogP contribution in [-0.2, 0) is 9.47 Å². The molecule has 2 rings (SSSR count). The van der Waals surface area contributed by atoms with Gasteiger partial charge in [-0.05, 0) is 0 Å². The van der Waals surface area contributed by atoms with Gasteiger partial charge in [0.1, 0.15) is 36.6 Å². The fourth-order valence-corrected chi connectivity index (χ4v) is 1.58. The number of hydrogen-bond acceptors (Lipinski definition) is 10. The molecule has 0 radical (unpaired) electrons. The number of aliphatic hydroxyl groups is 8. The van der Waals surface area contributed by atoms with Crippen LogP contribution in [0.25, 0.3) is 0 Å². The molecule has 2 fully saturated rings. The van der Waals surface area contributed by atoms with E-state index in [1.807, 2.05) is 0 Å². The summed E-state index contributed by atoms with van der Waals surface area (Å²) >= 11 is 0. The van der Waals surface area contributed by atoms with Crippen LogP contribution in [0, 0.1) is 0 Å². The monoisotopic (exact) mass is 300 g/mol. The van der Waals surface area contributed by atoms with E-state index in [1.54, 1.807) is 0 Å². The molecule has 0 aromatic carbocycles. The van der Waals surface area contributed by atoms with Crippen molar-refractivity contribution >= 4 is 0 Å². The lowest BCUT2D eigenvalue weighted by Crippen LogP contribution is -2.52. The lowest BCUT2D eigenvalue weighted by molar-refractivity contribution is -0.252. The molecule has 2 heterocycles. The molecule has 2 aliphatic rings. The number of ether oxygens (including phenoxy) is 2. The first-order valence-electron chi connectivity index (χ1n) is 5.93. The van der Waals surface area contributed by atoms with Crippen LogP contribution in [0.5, 0.6) is 0 Å². The summed E-state index contributed by atoms with van der Waals surface area (Å²) in [7, 11) is 0. The van der Waals surface area contributed by atoms with Gasteiger partial charge in [0, 0.05) is 0 Å². The third-order valence-electron chi connectivity index (χ3n) is 2.95. The summed E-state index contributed by atoms with van der Waals surface area (Å²) in [5, 5.41) is 70.5. The van der Waals surface area contributed by atoms with Crippen LogP contribution < -0.4 is 0 Å². The van der Waals surface area contributed by atoms with Crippen molar-refractivity contribution in [2.75, 3.05) is 13.2 Å². The molecule has 0 spiro atoms. The highest BCUT2D eigenvalue weighted by atomic mass is 16.6. The van der Waals surface area contributed by atoms with Gasteiger partial charge < -0.3 is 50.3 Å². The van der Waals surface area contributed by atoms with Crippen molar-refractivity contribution in [3.63, 3.8) is 0 Å². The predicted molar refractivity (Wildman–Crippen MR) is 60.0 cm³/mol. The van der Waals surface area contributed by atoms with Crippen LogP contribution in [0.15, 0.2) is 0 Å². The van der Waals surface area contributed by atoms with E-state index in [-0.39, 0.29) is 13.2 Å². The molecule has 0 aromatic heterocycles. The van der Waals surface area contributed by atoms with E-state index < -0.39 is 49.2 Å². The Morgan fingerprint density at radius 1 is 0.500 bits per heavy atom. The van der Waals surface area contributed by atoms with Gasteiger partial charge in [-0.25, -0.2) is 0 Å². The van der Waals surface area contributed by atoms with Gasteiger partial charge in [-0.1, -0.05) is 0 Å². The Labute approximate surface area is 114 Å². The van der Waals surface area contributed by atoms with Crippen molar-refractivity contribution in [1.82, 2.24) is 0 Å². The second kappa shape index (κ2) is 7.56. The quantitative estimate of drug-likeness (QED) is 0.215. The first-order valence-corrected chi connectivity index (χ1v) is 5.93. The molecule has 2 unspecified atom stereocenters. The maximum absolute atomic E-state index is 8.88. The first-order chi connectivity index (χ1) is 9.25. The molecule has 8 atom stereocenters. The zero-order valence-corrected chi connectivity index (χ0v) is 10.4. The lowest BCUT2D eigenvalue weighted by atomic mass is 10.1. The predicted octanol–water partition coefficient (Wildman–Crippen LogP) is -5.16. The molecular weight excluding hydrogens is 280 g/mol. The standard InChI is InChI=1S/2C5H10O5/c2*6-2-1-10-5(9)4(8)3(2)7/h2*2-9H,1H2/t2*2-,3+,4-,5?/m11/s1. The van der Waals surface area contributed by atoms with E-state index in [9.17, 15) is 0 Å². The molecule has 10 heteroatoms. The van der Waals surface area contributed by atoms with Crippen molar-refractivity contribution in [3.8, 4) is 0 Å². The summed E-state index contributed by atoms with van der Waals surface area (Å²) < 4.78 is 8.94. The smallest absolute Gasteiger partial charge is 0.183 e. The van der Waals surface area contributed by atoms with Crippen molar-refractivity contribution < 1.29 is 50.3 Å². The summed E-state index contributed by atoms with van der Waals surface area (Å²) in [5.41, 5.74) is 0. The highest BCUT2D eigenvalue weighted by Gasteiger charge is 2.36. The molecule has 0 amide bonds. The van der Waals surface area contributed by atoms with Gasteiger partial charge in [-0.2, -0.15) is 0 Å². The molecule has 0 saturated carbocycles. The summed E-state index contributed by atoms with van der Waals surface area (Å²) in [6.07, 6.45) is -10.5. The second-order valence-electron chi connectivity index (χ2n) is 4.54. The van der Waals surface area contributed by atoms with Crippen molar-refractivity contribution in [1.29, 1.82) is 0 Å². The topological polar surface area (TPSA) is 180 Å². The second-order valence-corrected chi connectivity index (χ2v) is 4.54. The Morgan fingerprint density at radius 2 is 0.800 bits per heavy atom. The van der Waals surface area contributed by atoms with Crippen LogP contribution >= 0.6 is 0 Å². The molecule has 0 aromatic rings. The zero-order chi connectivity index (χ0) is 15.4. The minimum atomic E-state index is -1.41. The van der Waals surface area contributed by atoms with E-state index in [2.05, 4.69) is 9.47 Å². The summed E-state index contributed by atoms with van der Waals surface area (Å²) in [6.45, 7) is -0.307. The first kappa shape index (κ1) is 17.7. The molecular formula is C10H20O10. The largest absolute Gasteiger partial charge is 0.388 e. The van der Waals surface area contributed by atoms with Gasteiger partial charge >= 0.3 is 0 Å². The lowest BCUT2D eigenvalue weighted by Gasteiger charge is -2.31. The molecule has 0 aliphatic carbocycles. The van der Waals surface area contributed by atoms with E-state index in [4.69, 9.17) is 40.9 Å². The van der Waals surface area contributed by atoms with Gasteiger partial charge in [0.15, 0.2) is 12.6 Å². The van der Waals surface area contributed by atoms with Gasteiger partial charge in [0.2, 0.25) is 0 Å². The number of hydrogen-bond donors (Lipinski definition) is 8. The van der Waals surface area contributed by atoms with Gasteiger partial charge in [0.25, 0.3) is 0 Å². The highest BCUT2D eigenvalue weighted by Crippen LogP contribution is 2.13. The van der Waals surface area contributed by atoms with E-state index in [0.717, 1.165) is 0 Å². The fourth-order valence-electron chi connectivity index (χ4n) is 1.58. The Morgan fingerprint density at radius 3 is 1.05 bits per heavy atom. The minimum absolute atomic E-state index is 0.153. The van der Waals surface area contributed by atoms with Crippen molar-refractivity contribution in [2.24, 2.45) is 0 Å². The Bertz CT molecular complexity index is 233. The van der Waals surface area contributed by atoms with Gasteiger partial charge in [-0.15, -0.1) is 0 Å². The average Bonchev–Trinajstić information content (AvgIpc) is 2.43. The van der Waals surface area contributed by atoms with Crippen LogP contribution in [0.2, 0.25) is 0 Å². The molecule has 10 nitrogen and oxygen atoms in total. The SMILES string of the molecule is OC1OC[C@@H](O)[C@H](O)[C@H]1O.OC1OC[C@@H](O)[C@H](O)[C@H]1O. The van der Waals surface area contributed by atoms with Crippen LogP contribution in [0.4, 0.5) is 0 Å². The maximum atomic E-state index is 8.88. The van der Waals surface area contributed by atoms with Crippen LogP contribution in [0.3, 0.4) is 0 Å². The Balaban J connectivity index is 0.000000200.